The van der Waals surface area contributed by atoms with E-state index in [4.69, 9.17) is 11.6 Å². The first kappa shape index (κ1) is 13.8. The standard InChI is InChI=1S/C10H17NO6/c1-5(2)10(17)11-6(3-12)8(15)9(16)7(14)4-13/h3,6-9,13-16H,1,4H2,2H3,(H,11,17)/t6-,7+,8+,9+/m0/s1/i/hD. The average molecular weight is 248 g/mol. The first-order chi connectivity index (χ1) is 8.27. The Morgan fingerprint density at radius 3 is 2.35 bits per heavy atom. The van der Waals surface area contributed by atoms with Crippen molar-refractivity contribution in [2.45, 2.75) is 31.3 Å². The van der Waals surface area contributed by atoms with Gasteiger partial charge in [0.25, 0.3) is 0 Å². The molecule has 0 rings (SSSR count). The third-order valence-electron chi connectivity index (χ3n) is 2.05. The third kappa shape index (κ3) is 4.61. The zero-order chi connectivity index (χ0) is 14.5. The van der Waals surface area contributed by atoms with Crippen molar-refractivity contribution in [3.05, 3.63) is 12.2 Å². The Bertz CT molecular complexity index is 323. The molecule has 0 aliphatic carbocycles. The monoisotopic (exact) mass is 248 g/mol. The van der Waals surface area contributed by atoms with E-state index in [1.165, 1.54) is 6.92 Å². The van der Waals surface area contributed by atoms with Crippen molar-refractivity contribution in [2.24, 2.45) is 0 Å². The van der Waals surface area contributed by atoms with E-state index in [2.05, 4.69) is 6.58 Å². The Labute approximate surface area is 99.8 Å². The minimum Gasteiger partial charge on any atom is -0.394 e. The second-order valence-corrected chi connectivity index (χ2v) is 3.57. The van der Waals surface area contributed by atoms with Gasteiger partial charge in [-0.25, -0.2) is 0 Å². The fourth-order valence-electron chi connectivity index (χ4n) is 0.971. The maximum Gasteiger partial charge on any atom is 0.246 e. The number of hydrogen-bond acceptors (Lipinski definition) is 6. The predicted molar refractivity (Wildman–Crippen MR) is 57.9 cm³/mol. The number of aldehydes is 1. The minimum atomic E-state index is -1.90. The molecule has 0 aliphatic rings. The van der Waals surface area contributed by atoms with E-state index in [0.29, 0.717) is 0 Å². The summed E-state index contributed by atoms with van der Waals surface area (Å²) >= 11 is 0. The molecule has 0 spiro atoms. The van der Waals surface area contributed by atoms with Crippen molar-refractivity contribution in [1.82, 2.24) is 5.31 Å². The van der Waals surface area contributed by atoms with Crippen molar-refractivity contribution < 1.29 is 31.4 Å². The van der Waals surface area contributed by atoms with Crippen LogP contribution >= 0.6 is 0 Å². The van der Waals surface area contributed by atoms with Crippen LogP contribution < -0.4 is 5.31 Å². The molecule has 0 fully saturated rings. The first-order valence-corrected chi connectivity index (χ1v) is 4.86. The summed E-state index contributed by atoms with van der Waals surface area (Å²) < 4.78 is 7.36. The van der Waals surface area contributed by atoms with E-state index in [9.17, 15) is 19.8 Å². The molecule has 98 valence electrons. The molecule has 1 amide bonds. The lowest BCUT2D eigenvalue weighted by Gasteiger charge is -2.26. The highest BCUT2D eigenvalue weighted by Crippen LogP contribution is 2.04. The lowest BCUT2D eigenvalue weighted by molar-refractivity contribution is -0.128. The van der Waals surface area contributed by atoms with Crippen molar-refractivity contribution in [3.8, 4) is 0 Å². The number of nitrogens with one attached hydrogen (secondary N) is 1. The molecule has 0 saturated carbocycles. The number of carbonyl (C=O) groups is 2. The van der Waals surface area contributed by atoms with Gasteiger partial charge in [0.2, 0.25) is 5.91 Å². The molecule has 7 heteroatoms. The zero-order valence-electron chi connectivity index (χ0n) is 10.4. The van der Waals surface area contributed by atoms with E-state index in [-0.39, 0.29) is 17.2 Å². The summed E-state index contributed by atoms with van der Waals surface area (Å²) in [6.45, 7) is 3.77. The van der Waals surface area contributed by atoms with Gasteiger partial charge in [-0.15, -0.1) is 0 Å². The van der Waals surface area contributed by atoms with Crippen LogP contribution in [0.4, 0.5) is 0 Å². The lowest BCUT2D eigenvalue weighted by Crippen LogP contribution is -2.53. The normalized spacial score (nSPS) is 18.5. The molecule has 0 aliphatic heterocycles. The second kappa shape index (κ2) is 7.13. The van der Waals surface area contributed by atoms with Crippen LogP contribution in [0.1, 0.15) is 6.92 Å². The van der Waals surface area contributed by atoms with Gasteiger partial charge in [0, 0.05) is 5.57 Å². The average Bonchev–Trinajstić information content (AvgIpc) is 2.35. The van der Waals surface area contributed by atoms with E-state index in [0.717, 1.165) is 0 Å². The topological polar surface area (TPSA) is 127 Å². The fraction of sp³-hybridized carbons (Fsp3) is 0.600. The molecular weight excluding hydrogens is 230 g/mol. The lowest BCUT2D eigenvalue weighted by atomic mass is 10.0. The SMILES string of the molecule is [2H]N(C(=O)C(=C)C)[C@@H](C=O)[C@@H](O)[C@H](O)[C@H](O)CO. The van der Waals surface area contributed by atoms with Crippen molar-refractivity contribution in [3.63, 3.8) is 0 Å². The molecular formula is C10H17NO6. The highest BCUT2D eigenvalue weighted by atomic mass is 16.4. The molecule has 0 aromatic rings. The van der Waals surface area contributed by atoms with Gasteiger partial charge >= 0.3 is 0 Å². The largest absolute Gasteiger partial charge is 0.394 e. The van der Waals surface area contributed by atoms with Crippen LogP contribution in [0.3, 0.4) is 0 Å². The number of carbonyl (C=O) groups excluding carboxylic acids is 2. The molecule has 0 unspecified atom stereocenters. The molecule has 0 aromatic carbocycles. The van der Waals surface area contributed by atoms with Gasteiger partial charge < -0.3 is 30.5 Å². The summed E-state index contributed by atoms with van der Waals surface area (Å²) in [6, 6.07) is -1.68. The van der Waals surface area contributed by atoms with Crippen LogP contribution in [0, 0.1) is 0 Å². The number of aliphatic hydroxyl groups is 4. The van der Waals surface area contributed by atoms with E-state index >= 15 is 0 Å². The molecule has 17 heavy (non-hydrogen) atoms. The summed E-state index contributed by atoms with van der Waals surface area (Å²) in [5, 5.41) is 36.8. The Morgan fingerprint density at radius 1 is 1.47 bits per heavy atom. The number of hydrogen-bond donors (Lipinski definition) is 5. The first-order valence-electron chi connectivity index (χ1n) is 5.30. The van der Waals surface area contributed by atoms with Gasteiger partial charge in [-0.2, -0.15) is 0 Å². The second-order valence-electron chi connectivity index (χ2n) is 3.57. The third-order valence-corrected chi connectivity index (χ3v) is 2.05. The van der Waals surface area contributed by atoms with Gasteiger partial charge in [-0.1, -0.05) is 6.58 Å². The van der Waals surface area contributed by atoms with Crippen molar-refractivity contribution >= 4 is 12.2 Å². The summed E-state index contributed by atoms with van der Waals surface area (Å²) in [5.74, 6) is -0.906. The Hall–Kier alpha value is -1.28. The van der Waals surface area contributed by atoms with Crippen LogP contribution in [0.15, 0.2) is 12.2 Å². The van der Waals surface area contributed by atoms with Gasteiger partial charge in [-0.3, -0.25) is 4.79 Å². The van der Waals surface area contributed by atoms with E-state index < -0.39 is 36.9 Å². The van der Waals surface area contributed by atoms with E-state index in [1.54, 1.807) is 0 Å². The van der Waals surface area contributed by atoms with Gasteiger partial charge in [0.15, 0.2) is 1.41 Å². The summed E-state index contributed by atoms with van der Waals surface area (Å²) in [5.41, 5.74) is -0.0266. The Morgan fingerprint density at radius 2 is 2.00 bits per heavy atom. The predicted octanol–water partition coefficient (Wildman–Crippen LogP) is -2.68. The van der Waals surface area contributed by atoms with Crippen LogP contribution in [0.2, 0.25) is 1.41 Å². The molecule has 5 N–H and O–H groups in total. The van der Waals surface area contributed by atoms with Crippen molar-refractivity contribution in [1.29, 1.82) is 0 Å². The Balaban J connectivity index is 4.92. The fourth-order valence-corrected chi connectivity index (χ4v) is 0.971. The van der Waals surface area contributed by atoms with Crippen molar-refractivity contribution in [2.75, 3.05) is 6.61 Å². The maximum absolute atomic E-state index is 11.4. The summed E-state index contributed by atoms with van der Waals surface area (Å²) in [4.78, 5) is 22.2. The van der Waals surface area contributed by atoms with Crippen LogP contribution in [-0.4, -0.2) is 63.6 Å². The Kier molecular flexibility index (Phi) is 5.78. The molecule has 0 radical (unpaired) electrons. The minimum absolute atomic E-state index is 0.0266. The quantitative estimate of drug-likeness (QED) is 0.247. The molecule has 7 nitrogen and oxygen atoms in total. The van der Waals surface area contributed by atoms with Crippen LogP contribution in [-0.2, 0) is 9.59 Å². The van der Waals surface area contributed by atoms with Crippen LogP contribution in [0.25, 0.3) is 0 Å². The molecule has 0 heterocycles. The molecule has 4 atom stereocenters. The van der Waals surface area contributed by atoms with Gasteiger partial charge in [-0.05, 0) is 6.92 Å². The maximum atomic E-state index is 11.4. The zero-order valence-corrected chi connectivity index (χ0v) is 9.35. The molecule has 0 bridgehead atoms. The number of rotatable bonds is 7. The van der Waals surface area contributed by atoms with Gasteiger partial charge in [0.05, 0.1) is 6.61 Å². The highest BCUT2D eigenvalue weighted by Gasteiger charge is 2.31. The molecule has 0 aromatic heterocycles. The van der Waals surface area contributed by atoms with Crippen LogP contribution in [0.5, 0.6) is 0 Å². The number of aliphatic hydroxyl groups excluding tert-OH is 4. The summed E-state index contributed by atoms with van der Waals surface area (Å²) in [7, 11) is 0. The number of amides is 1. The smallest absolute Gasteiger partial charge is 0.246 e. The molecule has 0 saturated heterocycles. The highest BCUT2D eigenvalue weighted by molar-refractivity contribution is 5.93. The van der Waals surface area contributed by atoms with Gasteiger partial charge in [0.1, 0.15) is 30.6 Å². The summed E-state index contributed by atoms with van der Waals surface area (Å²) in [6.07, 6.45) is -5.36. The van der Waals surface area contributed by atoms with E-state index in [1.807, 2.05) is 0 Å².